The second kappa shape index (κ2) is 2.48. The van der Waals surface area contributed by atoms with E-state index in [4.69, 9.17) is 0 Å². The Kier molecular flexibility index (Phi) is 1.60. The molecule has 0 bridgehead atoms. The van der Waals surface area contributed by atoms with E-state index in [2.05, 4.69) is 15.9 Å². The van der Waals surface area contributed by atoms with Crippen LogP contribution in [0.3, 0.4) is 0 Å². The molecule has 2 nitrogen and oxygen atoms in total. The first-order chi connectivity index (χ1) is 5.29. The fourth-order valence-corrected chi connectivity index (χ4v) is 1.94. The third-order valence-electron chi connectivity index (χ3n) is 2.00. The van der Waals surface area contributed by atoms with Gasteiger partial charge >= 0.3 is 0 Å². The van der Waals surface area contributed by atoms with Crippen molar-refractivity contribution < 1.29 is 4.79 Å². The number of fused-ring (bicyclic) bond motifs is 1. The highest BCUT2D eigenvalue weighted by Gasteiger charge is 2.17. The summed E-state index contributed by atoms with van der Waals surface area (Å²) in [5.41, 5.74) is 0.850. The van der Waals surface area contributed by atoms with Crippen LogP contribution in [0.15, 0.2) is 16.7 Å². The van der Waals surface area contributed by atoms with E-state index in [0.717, 1.165) is 23.3 Å². The molecule has 0 saturated carbocycles. The SMILES string of the molecule is O=C1CCCn2c(Br)ccc21. The maximum atomic E-state index is 11.3. The molecule has 0 N–H and O–H groups in total. The van der Waals surface area contributed by atoms with Crippen molar-refractivity contribution in [3.63, 3.8) is 0 Å². The van der Waals surface area contributed by atoms with Crippen molar-refractivity contribution in [2.45, 2.75) is 19.4 Å². The molecule has 0 amide bonds. The summed E-state index contributed by atoms with van der Waals surface area (Å²) in [6.07, 6.45) is 1.68. The minimum absolute atomic E-state index is 0.266. The van der Waals surface area contributed by atoms with Crippen LogP contribution in [0.5, 0.6) is 0 Å². The largest absolute Gasteiger partial charge is 0.333 e. The van der Waals surface area contributed by atoms with E-state index >= 15 is 0 Å². The van der Waals surface area contributed by atoms with Gasteiger partial charge in [-0.15, -0.1) is 0 Å². The van der Waals surface area contributed by atoms with Crippen molar-refractivity contribution in [1.82, 2.24) is 4.57 Å². The van der Waals surface area contributed by atoms with Crippen molar-refractivity contribution in [3.8, 4) is 0 Å². The Morgan fingerprint density at radius 2 is 2.27 bits per heavy atom. The quantitative estimate of drug-likeness (QED) is 0.649. The molecule has 0 aromatic carbocycles. The lowest BCUT2D eigenvalue weighted by atomic mass is 10.1. The first-order valence-corrected chi connectivity index (χ1v) is 4.46. The summed E-state index contributed by atoms with van der Waals surface area (Å²) in [4.78, 5) is 11.3. The molecule has 1 aromatic heterocycles. The lowest BCUT2D eigenvalue weighted by Crippen LogP contribution is -2.15. The van der Waals surface area contributed by atoms with Gasteiger partial charge in [0.2, 0.25) is 0 Å². The van der Waals surface area contributed by atoms with Gasteiger partial charge in [-0.2, -0.15) is 0 Å². The van der Waals surface area contributed by atoms with Crippen molar-refractivity contribution >= 4 is 21.7 Å². The number of rotatable bonds is 0. The zero-order valence-corrected chi connectivity index (χ0v) is 7.60. The molecule has 0 unspecified atom stereocenters. The van der Waals surface area contributed by atoms with Crippen LogP contribution in [0.1, 0.15) is 23.3 Å². The Labute approximate surface area is 73.3 Å². The van der Waals surface area contributed by atoms with Crippen molar-refractivity contribution in [1.29, 1.82) is 0 Å². The maximum Gasteiger partial charge on any atom is 0.179 e. The van der Waals surface area contributed by atoms with Crippen LogP contribution in [-0.4, -0.2) is 10.4 Å². The molecule has 0 spiro atoms. The molecule has 3 heteroatoms. The third kappa shape index (κ3) is 1.03. The summed E-state index contributed by atoms with van der Waals surface area (Å²) in [7, 11) is 0. The summed E-state index contributed by atoms with van der Waals surface area (Å²) < 4.78 is 3.03. The predicted octanol–water partition coefficient (Wildman–Crippen LogP) is 2.23. The summed E-state index contributed by atoms with van der Waals surface area (Å²) in [5.74, 6) is 0.266. The van der Waals surface area contributed by atoms with Crippen molar-refractivity contribution in [2.24, 2.45) is 0 Å². The van der Waals surface area contributed by atoms with Gasteiger partial charge in [-0.05, 0) is 34.5 Å². The molecule has 0 saturated heterocycles. The average Bonchev–Trinajstić information content (AvgIpc) is 2.35. The van der Waals surface area contributed by atoms with Gasteiger partial charge < -0.3 is 4.57 Å². The minimum atomic E-state index is 0.266. The number of hydrogen-bond donors (Lipinski definition) is 0. The van der Waals surface area contributed by atoms with E-state index in [9.17, 15) is 4.79 Å². The van der Waals surface area contributed by atoms with Gasteiger partial charge in [0, 0.05) is 13.0 Å². The van der Waals surface area contributed by atoms with Crippen LogP contribution in [0.25, 0.3) is 0 Å². The topological polar surface area (TPSA) is 22.0 Å². The molecule has 0 aliphatic carbocycles. The van der Waals surface area contributed by atoms with Crippen molar-refractivity contribution in [3.05, 3.63) is 22.4 Å². The summed E-state index contributed by atoms with van der Waals surface area (Å²) in [6, 6.07) is 3.81. The summed E-state index contributed by atoms with van der Waals surface area (Å²) >= 11 is 3.39. The lowest BCUT2D eigenvalue weighted by molar-refractivity contribution is 0.0954. The highest BCUT2D eigenvalue weighted by Crippen LogP contribution is 2.22. The van der Waals surface area contributed by atoms with Crippen LogP contribution < -0.4 is 0 Å². The van der Waals surface area contributed by atoms with E-state index < -0.39 is 0 Å². The van der Waals surface area contributed by atoms with Gasteiger partial charge in [-0.3, -0.25) is 4.79 Å². The number of hydrogen-bond acceptors (Lipinski definition) is 1. The highest BCUT2D eigenvalue weighted by molar-refractivity contribution is 9.10. The first kappa shape index (κ1) is 7.10. The molecule has 2 rings (SSSR count). The first-order valence-electron chi connectivity index (χ1n) is 3.67. The van der Waals surface area contributed by atoms with Gasteiger partial charge in [0.25, 0.3) is 0 Å². The number of carbonyl (C=O) groups is 1. The van der Waals surface area contributed by atoms with Crippen LogP contribution in [0, 0.1) is 0 Å². The molecular weight excluding hydrogens is 206 g/mol. The smallest absolute Gasteiger partial charge is 0.179 e. The van der Waals surface area contributed by atoms with Crippen LogP contribution in [-0.2, 0) is 6.54 Å². The molecular formula is C8H8BrNO. The Hall–Kier alpha value is -0.570. The second-order valence-electron chi connectivity index (χ2n) is 2.72. The van der Waals surface area contributed by atoms with Gasteiger partial charge in [-0.25, -0.2) is 0 Å². The van der Waals surface area contributed by atoms with E-state index in [0.29, 0.717) is 6.42 Å². The van der Waals surface area contributed by atoms with Crippen molar-refractivity contribution in [2.75, 3.05) is 0 Å². The zero-order chi connectivity index (χ0) is 7.84. The second-order valence-corrected chi connectivity index (χ2v) is 3.53. The molecule has 1 aliphatic heterocycles. The average molecular weight is 214 g/mol. The van der Waals surface area contributed by atoms with Crippen LogP contribution >= 0.6 is 15.9 Å². The number of carbonyl (C=O) groups excluding carboxylic acids is 1. The molecule has 1 aliphatic rings. The van der Waals surface area contributed by atoms with Crippen LogP contribution in [0.2, 0.25) is 0 Å². The van der Waals surface area contributed by atoms with E-state index in [1.807, 2.05) is 16.7 Å². The predicted molar refractivity (Wildman–Crippen MR) is 45.7 cm³/mol. The Bertz CT molecular complexity index is 303. The Balaban J connectivity index is 2.55. The highest BCUT2D eigenvalue weighted by atomic mass is 79.9. The summed E-state index contributed by atoms with van der Waals surface area (Å²) in [6.45, 7) is 0.967. The summed E-state index contributed by atoms with van der Waals surface area (Å²) in [5, 5.41) is 0. The maximum absolute atomic E-state index is 11.3. The normalized spacial score (nSPS) is 16.6. The molecule has 11 heavy (non-hydrogen) atoms. The molecule has 2 heterocycles. The van der Waals surface area contributed by atoms with E-state index in [-0.39, 0.29) is 5.78 Å². The zero-order valence-electron chi connectivity index (χ0n) is 6.01. The Morgan fingerprint density at radius 1 is 1.45 bits per heavy atom. The van der Waals surface area contributed by atoms with Gasteiger partial charge in [-0.1, -0.05) is 0 Å². The number of ketones is 1. The van der Waals surface area contributed by atoms with Gasteiger partial charge in [0.15, 0.2) is 5.78 Å². The van der Waals surface area contributed by atoms with Gasteiger partial charge in [0.05, 0.1) is 10.3 Å². The molecule has 58 valence electrons. The molecule has 0 radical (unpaired) electrons. The van der Waals surface area contributed by atoms with E-state index in [1.165, 1.54) is 0 Å². The van der Waals surface area contributed by atoms with Crippen LogP contribution in [0.4, 0.5) is 0 Å². The molecule has 1 aromatic rings. The monoisotopic (exact) mass is 213 g/mol. The third-order valence-corrected chi connectivity index (χ3v) is 2.69. The standard InChI is InChI=1S/C8H8BrNO/c9-8-4-3-6-7(11)2-1-5-10(6)8/h3-4H,1-2,5H2. The van der Waals surface area contributed by atoms with E-state index in [1.54, 1.807) is 0 Å². The lowest BCUT2D eigenvalue weighted by Gasteiger charge is -2.14. The fourth-order valence-electron chi connectivity index (χ4n) is 1.44. The van der Waals surface area contributed by atoms with Gasteiger partial charge in [0.1, 0.15) is 0 Å². The number of nitrogens with zero attached hydrogens (tertiary/aromatic N) is 1. The number of Topliss-reactive ketones (excluding diaryl/α,β-unsaturated/α-hetero) is 1. The Morgan fingerprint density at radius 3 is 3.00 bits per heavy atom. The molecule has 0 fully saturated rings. The number of aromatic nitrogens is 1. The minimum Gasteiger partial charge on any atom is -0.333 e. The molecule has 0 atom stereocenters. The number of halogens is 1. The fraction of sp³-hybridized carbons (Fsp3) is 0.375.